The van der Waals surface area contributed by atoms with E-state index in [0.29, 0.717) is 19.6 Å². The average Bonchev–Trinajstić information content (AvgIpc) is 2.57. The van der Waals surface area contributed by atoms with Crippen LogP contribution in [0.4, 0.5) is 0 Å². The zero-order valence-corrected chi connectivity index (χ0v) is 15.0. The molecule has 0 aromatic heterocycles. The van der Waals surface area contributed by atoms with Gasteiger partial charge in [0.15, 0.2) is 0 Å². The molecule has 130 valence electrons. The SMILES string of the molecule is Cl.[2H]C([2H])([2H])N(C)CCN(C)Cc1ccccc1.[2H]C([2H])([2H])N(C)CCNC. The van der Waals surface area contributed by atoms with Gasteiger partial charge >= 0.3 is 0 Å². The van der Waals surface area contributed by atoms with Crippen LogP contribution in [0, 0.1) is 0 Å². The van der Waals surface area contributed by atoms with Crippen LogP contribution in [-0.4, -0.2) is 83.0 Å². The molecule has 0 aliphatic carbocycles. The molecule has 1 aromatic rings. The van der Waals surface area contributed by atoms with Gasteiger partial charge in [-0.05, 0) is 47.7 Å². The summed E-state index contributed by atoms with van der Waals surface area (Å²) >= 11 is 0. The van der Waals surface area contributed by atoms with Gasteiger partial charge in [0, 0.05) is 40.9 Å². The second kappa shape index (κ2) is 15.3. The van der Waals surface area contributed by atoms with Gasteiger partial charge in [0.2, 0.25) is 0 Å². The van der Waals surface area contributed by atoms with Crippen molar-refractivity contribution < 1.29 is 8.22 Å². The molecule has 0 aliphatic heterocycles. The lowest BCUT2D eigenvalue weighted by Crippen LogP contribution is -2.28. The van der Waals surface area contributed by atoms with E-state index in [1.54, 1.807) is 21.1 Å². The van der Waals surface area contributed by atoms with Crippen LogP contribution >= 0.6 is 12.4 Å². The molecule has 1 rings (SSSR count). The Morgan fingerprint density at radius 2 is 1.55 bits per heavy atom. The summed E-state index contributed by atoms with van der Waals surface area (Å²) in [5, 5.41) is 2.88. The van der Waals surface area contributed by atoms with E-state index in [0.717, 1.165) is 13.1 Å². The molecule has 1 aromatic carbocycles. The predicted molar refractivity (Wildman–Crippen MR) is 101 cm³/mol. The van der Waals surface area contributed by atoms with Gasteiger partial charge < -0.3 is 20.0 Å². The van der Waals surface area contributed by atoms with Gasteiger partial charge in [-0.2, -0.15) is 0 Å². The molecular formula is C17H35ClN4. The summed E-state index contributed by atoms with van der Waals surface area (Å²) in [6, 6.07) is 10.2. The Morgan fingerprint density at radius 1 is 0.955 bits per heavy atom. The van der Waals surface area contributed by atoms with Crippen LogP contribution in [-0.2, 0) is 6.54 Å². The van der Waals surface area contributed by atoms with Crippen molar-refractivity contribution in [1.82, 2.24) is 20.0 Å². The maximum atomic E-state index is 7.24. The van der Waals surface area contributed by atoms with Crippen molar-refractivity contribution >= 4 is 12.4 Å². The Kier molecular flexibility index (Phi) is 9.54. The molecule has 0 amide bonds. The molecule has 0 saturated carbocycles. The highest BCUT2D eigenvalue weighted by Crippen LogP contribution is 2.01. The van der Waals surface area contributed by atoms with E-state index in [1.165, 1.54) is 15.4 Å². The second-order valence-corrected chi connectivity index (χ2v) is 5.17. The van der Waals surface area contributed by atoms with Crippen LogP contribution in [0.1, 0.15) is 13.8 Å². The molecule has 0 radical (unpaired) electrons. The summed E-state index contributed by atoms with van der Waals surface area (Å²) in [6.07, 6.45) is 0. The third kappa shape index (κ3) is 15.7. The Bertz CT molecular complexity index is 499. The van der Waals surface area contributed by atoms with Crippen molar-refractivity contribution in [3.63, 3.8) is 0 Å². The monoisotopic (exact) mass is 336 g/mol. The fourth-order valence-corrected chi connectivity index (χ4v) is 1.57. The van der Waals surface area contributed by atoms with E-state index in [1.807, 2.05) is 25.2 Å². The van der Waals surface area contributed by atoms with Crippen molar-refractivity contribution in [2.24, 2.45) is 0 Å². The minimum atomic E-state index is -1.99. The van der Waals surface area contributed by atoms with E-state index in [-0.39, 0.29) is 12.4 Å². The largest absolute Gasteiger partial charge is 0.318 e. The number of rotatable bonds is 8. The highest BCUT2D eigenvalue weighted by atomic mass is 35.5. The van der Waals surface area contributed by atoms with Crippen molar-refractivity contribution in [2.45, 2.75) is 6.54 Å². The van der Waals surface area contributed by atoms with E-state index < -0.39 is 14.0 Å². The first kappa shape index (κ1) is 13.8. The molecule has 0 heterocycles. The van der Waals surface area contributed by atoms with Crippen LogP contribution in [0.15, 0.2) is 30.3 Å². The number of hydrogen-bond donors (Lipinski definition) is 1. The Hall–Kier alpha value is -0.650. The minimum Gasteiger partial charge on any atom is -0.318 e. The smallest absolute Gasteiger partial charge is 0.0394 e. The lowest BCUT2D eigenvalue weighted by Gasteiger charge is -2.19. The number of benzene rings is 1. The average molecular weight is 337 g/mol. The summed E-state index contributed by atoms with van der Waals surface area (Å²) in [5.74, 6) is 0. The lowest BCUT2D eigenvalue weighted by atomic mass is 10.2. The zero-order chi connectivity index (χ0) is 21.1. The molecule has 0 unspecified atom stereocenters. The summed E-state index contributed by atoms with van der Waals surface area (Å²) < 4.78 is 42.6. The third-order valence-electron chi connectivity index (χ3n) is 2.81. The van der Waals surface area contributed by atoms with Gasteiger partial charge in [-0.3, -0.25) is 0 Å². The van der Waals surface area contributed by atoms with E-state index in [9.17, 15) is 0 Å². The maximum Gasteiger partial charge on any atom is 0.0394 e. The van der Waals surface area contributed by atoms with Crippen LogP contribution in [0.25, 0.3) is 0 Å². The highest BCUT2D eigenvalue weighted by Gasteiger charge is 1.99. The maximum absolute atomic E-state index is 7.24. The van der Waals surface area contributed by atoms with Gasteiger partial charge in [0.25, 0.3) is 0 Å². The van der Waals surface area contributed by atoms with Crippen LogP contribution < -0.4 is 5.32 Å². The van der Waals surface area contributed by atoms with Crippen molar-refractivity contribution in [2.75, 3.05) is 68.3 Å². The summed E-state index contributed by atoms with van der Waals surface area (Å²) in [5.41, 5.74) is 1.24. The normalized spacial score (nSPS) is 15.6. The van der Waals surface area contributed by atoms with E-state index >= 15 is 0 Å². The van der Waals surface area contributed by atoms with Crippen molar-refractivity contribution in [1.29, 1.82) is 0 Å². The first-order valence-corrected chi connectivity index (χ1v) is 7.17. The number of nitrogens with zero attached hydrogens (tertiary/aromatic N) is 3. The highest BCUT2D eigenvalue weighted by molar-refractivity contribution is 5.85. The van der Waals surface area contributed by atoms with Gasteiger partial charge in [0.1, 0.15) is 0 Å². The van der Waals surface area contributed by atoms with Crippen molar-refractivity contribution in [3.8, 4) is 0 Å². The van der Waals surface area contributed by atoms with E-state index in [2.05, 4.69) is 22.3 Å². The molecule has 0 aliphatic rings. The van der Waals surface area contributed by atoms with E-state index in [4.69, 9.17) is 8.22 Å². The third-order valence-corrected chi connectivity index (χ3v) is 2.81. The van der Waals surface area contributed by atoms with Gasteiger partial charge in [-0.25, -0.2) is 0 Å². The fourth-order valence-electron chi connectivity index (χ4n) is 1.57. The van der Waals surface area contributed by atoms with Gasteiger partial charge in [-0.15, -0.1) is 12.4 Å². The molecule has 22 heavy (non-hydrogen) atoms. The molecule has 0 fully saturated rings. The predicted octanol–water partition coefficient (Wildman–Crippen LogP) is 1.87. The number of halogens is 1. The lowest BCUT2D eigenvalue weighted by molar-refractivity contribution is 0.276. The molecular weight excluding hydrogens is 296 g/mol. The number of nitrogens with one attached hydrogen (secondary N) is 1. The summed E-state index contributed by atoms with van der Waals surface area (Å²) in [6.45, 7) is -0.564. The van der Waals surface area contributed by atoms with Crippen LogP contribution in [0.5, 0.6) is 0 Å². The minimum absolute atomic E-state index is 0. The Labute approximate surface area is 152 Å². The number of hydrogen-bond acceptors (Lipinski definition) is 4. The first-order chi connectivity index (χ1) is 12.4. The molecule has 4 nitrogen and oxygen atoms in total. The second-order valence-electron chi connectivity index (χ2n) is 5.17. The molecule has 1 N–H and O–H groups in total. The van der Waals surface area contributed by atoms with Crippen LogP contribution in [0.2, 0.25) is 0 Å². The number of likely N-dealkylation sites (N-methyl/N-ethyl adjacent to an activating group) is 4. The van der Waals surface area contributed by atoms with Crippen LogP contribution in [0.3, 0.4) is 0 Å². The molecule has 5 heteroatoms. The topological polar surface area (TPSA) is 21.8 Å². The molecule has 0 bridgehead atoms. The van der Waals surface area contributed by atoms with Gasteiger partial charge in [-0.1, -0.05) is 30.3 Å². The summed E-state index contributed by atoms with van der Waals surface area (Å²) in [4.78, 5) is 4.86. The summed E-state index contributed by atoms with van der Waals surface area (Å²) in [7, 11) is 7.02. The zero-order valence-electron chi connectivity index (χ0n) is 20.2. The van der Waals surface area contributed by atoms with Crippen molar-refractivity contribution in [3.05, 3.63) is 35.9 Å². The van der Waals surface area contributed by atoms with Gasteiger partial charge in [0.05, 0.1) is 0 Å². The molecule has 0 atom stereocenters. The first-order valence-electron chi connectivity index (χ1n) is 10.2. The molecule has 0 saturated heterocycles. The quantitative estimate of drug-likeness (QED) is 0.782. The standard InChI is InChI=1S/C12H20N2.C5H14N2.ClH/c1-13(2)9-10-14(3)11-12-7-5-4-6-8-12;1-6-4-5-7(2)3;/h4-8H,9-11H2,1-3H3;6H,4-5H2,1-3H3;1H/i1D3;2D3;. The Balaban J connectivity index is 0. The molecule has 0 spiro atoms. The Morgan fingerprint density at radius 3 is 2.09 bits per heavy atom. The fraction of sp³-hybridized carbons (Fsp3) is 0.647.